The van der Waals surface area contributed by atoms with Crippen LogP contribution in [-0.2, 0) is 4.79 Å². The number of ether oxygens (including phenoxy) is 1. The third-order valence-electron chi connectivity index (χ3n) is 2.20. The van der Waals surface area contributed by atoms with Crippen molar-refractivity contribution in [2.45, 2.75) is 19.3 Å². The van der Waals surface area contributed by atoms with Gasteiger partial charge in [0.2, 0.25) is 0 Å². The topological polar surface area (TPSA) is 46.5 Å². The third kappa shape index (κ3) is 4.17. The largest absolute Gasteiger partial charge is 0.496 e. The number of para-hydroxylation sites is 1. The highest BCUT2D eigenvalue weighted by atomic mass is 16.5. The normalized spacial score (nSPS) is 10.6. The number of aliphatic carboxylic acids is 1. The van der Waals surface area contributed by atoms with Gasteiger partial charge in [-0.3, -0.25) is 4.79 Å². The molecular weight excluding hydrogens is 204 g/mol. The average Bonchev–Trinajstić information content (AvgIpc) is 2.29. The number of unbranched alkanes of at least 4 members (excludes halogenated alkanes) is 1. The van der Waals surface area contributed by atoms with E-state index in [1.54, 1.807) is 7.11 Å². The smallest absolute Gasteiger partial charge is 0.303 e. The van der Waals surface area contributed by atoms with Crippen LogP contribution in [0.3, 0.4) is 0 Å². The summed E-state index contributed by atoms with van der Waals surface area (Å²) in [5, 5.41) is 8.47. The maximum absolute atomic E-state index is 10.3. The van der Waals surface area contributed by atoms with Gasteiger partial charge in [-0.2, -0.15) is 0 Å². The van der Waals surface area contributed by atoms with Crippen LogP contribution in [0.15, 0.2) is 30.3 Å². The molecule has 1 rings (SSSR count). The molecule has 0 atom stereocenters. The summed E-state index contributed by atoms with van der Waals surface area (Å²) in [7, 11) is 1.64. The first kappa shape index (κ1) is 12.3. The molecule has 0 radical (unpaired) electrons. The van der Waals surface area contributed by atoms with Crippen LogP contribution >= 0.6 is 0 Å². The van der Waals surface area contributed by atoms with Gasteiger partial charge in [-0.25, -0.2) is 0 Å². The second-order valence-corrected chi connectivity index (χ2v) is 3.43. The van der Waals surface area contributed by atoms with Crippen molar-refractivity contribution in [1.29, 1.82) is 0 Å². The Hall–Kier alpha value is -1.77. The number of carboxylic acids is 1. The molecule has 0 aliphatic rings. The van der Waals surface area contributed by atoms with Crippen molar-refractivity contribution < 1.29 is 14.6 Å². The summed E-state index contributed by atoms with van der Waals surface area (Å²) in [6, 6.07) is 7.73. The summed E-state index contributed by atoms with van der Waals surface area (Å²) in [5.74, 6) is 0.0858. The van der Waals surface area contributed by atoms with E-state index in [4.69, 9.17) is 9.84 Å². The first-order chi connectivity index (χ1) is 7.74. The van der Waals surface area contributed by atoms with Crippen molar-refractivity contribution in [3.05, 3.63) is 35.9 Å². The molecule has 3 nitrogen and oxygen atoms in total. The summed E-state index contributed by atoms with van der Waals surface area (Å²) in [5.41, 5.74) is 1.01. The van der Waals surface area contributed by atoms with Gasteiger partial charge in [0.1, 0.15) is 5.75 Å². The van der Waals surface area contributed by atoms with E-state index in [0.717, 1.165) is 17.7 Å². The Morgan fingerprint density at radius 2 is 2.19 bits per heavy atom. The van der Waals surface area contributed by atoms with Crippen molar-refractivity contribution in [2.24, 2.45) is 0 Å². The molecule has 1 aromatic rings. The lowest BCUT2D eigenvalue weighted by molar-refractivity contribution is -0.137. The van der Waals surface area contributed by atoms with E-state index >= 15 is 0 Å². The summed E-state index contributed by atoms with van der Waals surface area (Å²) in [4.78, 5) is 10.3. The Bertz CT molecular complexity index is 369. The number of methoxy groups -OCH3 is 1. The predicted octanol–water partition coefficient (Wildman–Crippen LogP) is 2.96. The number of allylic oxidation sites excluding steroid dienone is 1. The highest BCUT2D eigenvalue weighted by molar-refractivity contribution is 5.66. The van der Waals surface area contributed by atoms with Gasteiger partial charge in [-0.1, -0.05) is 30.4 Å². The lowest BCUT2D eigenvalue weighted by Gasteiger charge is -2.02. The monoisotopic (exact) mass is 220 g/mol. The van der Waals surface area contributed by atoms with Crippen molar-refractivity contribution in [3.8, 4) is 5.75 Å². The molecular formula is C13H16O3. The fraction of sp³-hybridized carbons (Fsp3) is 0.308. The number of hydrogen-bond donors (Lipinski definition) is 1. The zero-order valence-corrected chi connectivity index (χ0v) is 9.35. The Morgan fingerprint density at radius 1 is 1.44 bits per heavy atom. The number of carboxylic acid groups (broad SMARTS) is 1. The van der Waals surface area contributed by atoms with Crippen LogP contribution < -0.4 is 4.74 Å². The second-order valence-electron chi connectivity index (χ2n) is 3.43. The van der Waals surface area contributed by atoms with Gasteiger partial charge in [-0.15, -0.1) is 0 Å². The maximum Gasteiger partial charge on any atom is 0.303 e. The fourth-order valence-corrected chi connectivity index (χ4v) is 1.39. The van der Waals surface area contributed by atoms with Crippen LogP contribution in [0.2, 0.25) is 0 Å². The highest BCUT2D eigenvalue weighted by Crippen LogP contribution is 2.18. The lowest BCUT2D eigenvalue weighted by Crippen LogP contribution is -1.92. The molecule has 0 aliphatic heterocycles. The standard InChI is InChI=1S/C13H16O3/c1-16-12-9-6-5-8-11(12)7-3-2-4-10-13(14)15/h3,5-9H,2,4,10H2,1H3,(H,14,15)/b7-3+. The first-order valence-corrected chi connectivity index (χ1v) is 5.25. The Balaban J connectivity index is 2.46. The number of carbonyl (C=O) groups is 1. The SMILES string of the molecule is COc1ccccc1/C=C/CCCC(=O)O. The minimum absolute atomic E-state index is 0.219. The van der Waals surface area contributed by atoms with E-state index in [-0.39, 0.29) is 6.42 Å². The van der Waals surface area contributed by atoms with E-state index in [1.165, 1.54) is 0 Å². The van der Waals surface area contributed by atoms with E-state index in [0.29, 0.717) is 6.42 Å². The van der Waals surface area contributed by atoms with Gasteiger partial charge in [0, 0.05) is 12.0 Å². The molecule has 0 saturated carbocycles. The second kappa shape index (κ2) is 6.67. The van der Waals surface area contributed by atoms with Gasteiger partial charge in [-0.05, 0) is 18.9 Å². The fourth-order valence-electron chi connectivity index (χ4n) is 1.39. The summed E-state index contributed by atoms with van der Waals surface area (Å²) >= 11 is 0. The van der Waals surface area contributed by atoms with Gasteiger partial charge in [0.05, 0.1) is 7.11 Å². The Labute approximate surface area is 95.4 Å². The molecule has 0 spiro atoms. The van der Waals surface area contributed by atoms with Crippen LogP contribution in [0.4, 0.5) is 0 Å². The van der Waals surface area contributed by atoms with Crippen molar-refractivity contribution >= 4 is 12.0 Å². The maximum atomic E-state index is 10.3. The zero-order chi connectivity index (χ0) is 11.8. The van der Waals surface area contributed by atoms with Gasteiger partial charge in [0.25, 0.3) is 0 Å². The van der Waals surface area contributed by atoms with Crippen molar-refractivity contribution in [3.63, 3.8) is 0 Å². The van der Waals surface area contributed by atoms with Crippen LogP contribution in [0.25, 0.3) is 6.08 Å². The van der Waals surface area contributed by atoms with Gasteiger partial charge < -0.3 is 9.84 Å². The van der Waals surface area contributed by atoms with Gasteiger partial charge >= 0.3 is 5.97 Å². The van der Waals surface area contributed by atoms with Crippen LogP contribution in [0, 0.1) is 0 Å². The average molecular weight is 220 g/mol. The van der Waals surface area contributed by atoms with E-state index < -0.39 is 5.97 Å². The first-order valence-electron chi connectivity index (χ1n) is 5.25. The third-order valence-corrected chi connectivity index (χ3v) is 2.20. The van der Waals surface area contributed by atoms with E-state index in [2.05, 4.69) is 0 Å². The van der Waals surface area contributed by atoms with Crippen molar-refractivity contribution in [2.75, 3.05) is 7.11 Å². The Morgan fingerprint density at radius 3 is 2.88 bits per heavy atom. The molecule has 0 unspecified atom stereocenters. The van der Waals surface area contributed by atoms with Crippen molar-refractivity contribution in [1.82, 2.24) is 0 Å². The van der Waals surface area contributed by atoms with Crippen LogP contribution in [0.5, 0.6) is 5.75 Å². The van der Waals surface area contributed by atoms with Crippen LogP contribution in [-0.4, -0.2) is 18.2 Å². The molecule has 1 N–H and O–H groups in total. The number of benzene rings is 1. The summed E-state index contributed by atoms with van der Waals surface area (Å²) in [6.07, 6.45) is 5.59. The summed E-state index contributed by atoms with van der Waals surface area (Å²) in [6.45, 7) is 0. The lowest BCUT2D eigenvalue weighted by atomic mass is 10.1. The predicted molar refractivity (Wildman–Crippen MR) is 63.5 cm³/mol. The molecule has 0 bridgehead atoms. The number of rotatable bonds is 6. The van der Waals surface area contributed by atoms with Crippen LogP contribution in [0.1, 0.15) is 24.8 Å². The quantitative estimate of drug-likeness (QED) is 0.750. The summed E-state index contributed by atoms with van der Waals surface area (Å²) < 4.78 is 5.20. The molecule has 0 saturated heterocycles. The molecule has 0 heterocycles. The molecule has 0 aliphatic carbocycles. The minimum atomic E-state index is -0.745. The minimum Gasteiger partial charge on any atom is -0.496 e. The molecule has 16 heavy (non-hydrogen) atoms. The molecule has 3 heteroatoms. The molecule has 0 aromatic heterocycles. The molecule has 86 valence electrons. The molecule has 0 amide bonds. The highest BCUT2D eigenvalue weighted by Gasteiger charge is 1.97. The number of hydrogen-bond acceptors (Lipinski definition) is 2. The van der Waals surface area contributed by atoms with E-state index in [9.17, 15) is 4.79 Å². The van der Waals surface area contributed by atoms with E-state index in [1.807, 2.05) is 36.4 Å². The Kier molecular flexibility index (Phi) is 5.12. The van der Waals surface area contributed by atoms with Gasteiger partial charge in [0.15, 0.2) is 0 Å². The molecule has 0 fully saturated rings. The molecule has 1 aromatic carbocycles. The zero-order valence-electron chi connectivity index (χ0n) is 9.35.